The first-order valence-electron chi connectivity index (χ1n) is 10.5. The van der Waals surface area contributed by atoms with Crippen LogP contribution in [-0.2, 0) is 5.41 Å². The van der Waals surface area contributed by atoms with E-state index in [2.05, 4.69) is 81.2 Å². The fourth-order valence-corrected chi connectivity index (χ4v) is 4.42. The highest BCUT2D eigenvalue weighted by atomic mass is 32.1. The van der Waals surface area contributed by atoms with Crippen molar-refractivity contribution >= 4 is 28.1 Å². The normalized spacial score (nSPS) is 12.7. The average molecular weight is 436 g/mol. The van der Waals surface area contributed by atoms with Crippen molar-refractivity contribution in [3.8, 4) is 17.1 Å². The van der Waals surface area contributed by atoms with Gasteiger partial charge in [-0.25, -0.2) is 0 Å². The standard InChI is InChI=1S/C24H29N5OS/c1-8-30-19-13-15(2)9-11-17(19)22-25-26-23-18(21(24(3,4)5)27-29(22)23)14-16-10-12-20(31-16)28(6)7/h9-14H,8H2,1-7H3/b18-14-. The molecule has 4 aromatic rings. The summed E-state index contributed by atoms with van der Waals surface area (Å²) < 4.78 is 7.76. The molecule has 0 N–H and O–H groups in total. The Morgan fingerprint density at radius 2 is 1.90 bits per heavy atom. The van der Waals surface area contributed by atoms with Crippen molar-refractivity contribution in [1.29, 1.82) is 0 Å². The fourth-order valence-electron chi connectivity index (χ4n) is 3.55. The summed E-state index contributed by atoms with van der Waals surface area (Å²) in [4.78, 5) is 3.28. The topological polar surface area (TPSA) is 55.6 Å². The molecular weight excluding hydrogens is 406 g/mol. The predicted octanol–water partition coefficient (Wildman–Crippen LogP) is 4.47. The van der Waals surface area contributed by atoms with Crippen molar-refractivity contribution in [2.24, 2.45) is 0 Å². The molecule has 0 amide bonds. The van der Waals surface area contributed by atoms with Gasteiger partial charge in [0, 0.05) is 29.6 Å². The summed E-state index contributed by atoms with van der Waals surface area (Å²) in [5.41, 5.74) is 3.67. The van der Waals surface area contributed by atoms with E-state index in [4.69, 9.17) is 9.84 Å². The van der Waals surface area contributed by atoms with Gasteiger partial charge in [0.15, 0.2) is 11.5 Å². The molecule has 3 aromatic heterocycles. The van der Waals surface area contributed by atoms with Crippen molar-refractivity contribution in [2.45, 2.75) is 40.0 Å². The van der Waals surface area contributed by atoms with Crippen molar-refractivity contribution in [3.63, 3.8) is 0 Å². The molecule has 0 radical (unpaired) electrons. The van der Waals surface area contributed by atoms with E-state index in [-0.39, 0.29) is 5.41 Å². The average Bonchev–Trinajstić information content (AvgIpc) is 3.39. The van der Waals surface area contributed by atoms with Gasteiger partial charge in [-0.1, -0.05) is 26.8 Å². The Hall–Kier alpha value is -2.93. The molecule has 0 bridgehead atoms. The zero-order chi connectivity index (χ0) is 22.3. The first-order chi connectivity index (χ1) is 14.7. The van der Waals surface area contributed by atoms with Crippen LogP contribution in [0.2, 0.25) is 0 Å². The molecule has 162 valence electrons. The Balaban J connectivity index is 1.95. The molecule has 0 fully saturated rings. The molecule has 0 aliphatic rings. The SMILES string of the molecule is CCOc1cc(C)ccc1-c1nnc2/c(=C\c3ccc(N(C)C)s3)c(C(C)(C)C)nn12. The van der Waals surface area contributed by atoms with Gasteiger partial charge in [0.05, 0.1) is 22.9 Å². The lowest BCUT2D eigenvalue weighted by atomic mass is 9.91. The number of nitrogens with zero attached hydrogens (tertiary/aromatic N) is 5. The summed E-state index contributed by atoms with van der Waals surface area (Å²) in [6.07, 6.45) is 2.18. The second-order valence-electron chi connectivity index (χ2n) is 8.92. The molecular formula is C24H29N5OS. The van der Waals surface area contributed by atoms with Gasteiger partial charge in [0.25, 0.3) is 0 Å². The van der Waals surface area contributed by atoms with E-state index < -0.39 is 0 Å². The molecule has 0 aliphatic heterocycles. The van der Waals surface area contributed by atoms with Crippen molar-refractivity contribution < 1.29 is 4.74 Å². The monoisotopic (exact) mass is 435 g/mol. The van der Waals surface area contributed by atoms with E-state index in [1.165, 1.54) is 9.88 Å². The first-order valence-corrected chi connectivity index (χ1v) is 11.3. The van der Waals surface area contributed by atoms with Crippen LogP contribution in [0.25, 0.3) is 23.1 Å². The zero-order valence-corrected chi connectivity index (χ0v) is 20.0. The third-order valence-electron chi connectivity index (χ3n) is 5.06. The minimum absolute atomic E-state index is 0.137. The Morgan fingerprint density at radius 3 is 2.55 bits per heavy atom. The third kappa shape index (κ3) is 4.02. The van der Waals surface area contributed by atoms with Gasteiger partial charge in [-0.05, 0) is 49.8 Å². The minimum Gasteiger partial charge on any atom is -0.493 e. The van der Waals surface area contributed by atoms with Gasteiger partial charge in [-0.15, -0.1) is 21.5 Å². The van der Waals surface area contributed by atoms with Gasteiger partial charge >= 0.3 is 0 Å². The highest BCUT2D eigenvalue weighted by Gasteiger charge is 2.25. The summed E-state index contributed by atoms with van der Waals surface area (Å²) in [5, 5.41) is 16.3. The number of thiophene rings is 1. The van der Waals surface area contributed by atoms with E-state index in [1.807, 2.05) is 23.6 Å². The second-order valence-corrected chi connectivity index (χ2v) is 10.0. The Kier molecular flexibility index (Phi) is 5.47. The number of aryl methyl sites for hydroxylation is 1. The predicted molar refractivity (Wildman–Crippen MR) is 128 cm³/mol. The van der Waals surface area contributed by atoms with Crippen LogP contribution < -0.4 is 14.9 Å². The molecule has 31 heavy (non-hydrogen) atoms. The number of ether oxygens (including phenoxy) is 1. The van der Waals surface area contributed by atoms with E-state index >= 15 is 0 Å². The molecule has 7 heteroatoms. The number of aromatic nitrogens is 4. The maximum absolute atomic E-state index is 5.90. The van der Waals surface area contributed by atoms with E-state index in [0.717, 1.165) is 33.4 Å². The lowest BCUT2D eigenvalue weighted by Gasteiger charge is -2.15. The van der Waals surface area contributed by atoms with E-state index in [0.29, 0.717) is 12.4 Å². The number of hydrogen-bond acceptors (Lipinski definition) is 6. The Bertz CT molecular complexity index is 1280. The van der Waals surface area contributed by atoms with Crippen LogP contribution in [-0.4, -0.2) is 40.5 Å². The van der Waals surface area contributed by atoms with Crippen molar-refractivity contribution in [2.75, 3.05) is 25.6 Å². The fraction of sp³-hybridized carbons (Fsp3) is 0.375. The zero-order valence-electron chi connectivity index (χ0n) is 19.2. The van der Waals surface area contributed by atoms with Gasteiger partial charge in [0.2, 0.25) is 0 Å². The highest BCUT2D eigenvalue weighted by molar-refractivity contribution is 7.16. The molecule has 0 spiro atoms. The summed E-state index contributed by atoms with van der Waals surface area (Å²) in [7, 11) is 4.11. The van der Waals surface area contributed by atoms with E-state index in [9.17, 15) is 0 Å². The van der Waals surface area contributed by atoms with Crippen LogP contribution in [0.4, 0.5) is 5.00 Å². The maximum Gasteiger partial charge on any atom is 0.189 e. The van der Waals surface area contributed by atoms with Crippen LogP contribution in [0.5, 0.6) is 5.75 Å². The molecule has 0 saturated carbocycles. The molecule has 1 aromatic carbocycles. The molecule has 3 heterocycles. The number of fused-ring (bicyclic) bond motifs is 1. The van der Waals surface area contributed by atoms with Crippen LogP contribution in [0.15, 0.2) is 30.3 Å². The molecule has 0 atom stereocenters. The lowest BCUT2D eigenvalue weighted by molar-refractivity contribution is 0.341. The number of benzene rings is 1. The van der Waals surface area contributed by atoms with Gasteiger partial charge in [-0.3, -0.25) is 0 Å². The molecule has 0 unspecified atom stereocenters. The quantitative estimate of drug-likeness (QED) is 0.463. The van der Waals surface area contributed by atoms with Crippen molar-refractivity contribution in [1.82, 2.24) is 19.8 Å². The van der Waals surface area contributed by atoms with Crippen LogP contribution >= 0.6 is 11.3 Å². The third-order valence-corrected chi connectivity index (χ3v) is 6.26. The smallest absolute Gasteiger partial charge is 0.189 e. The number of anilines is 1. The largest absolute Gasteiger partial charge is 0.493 e. The molecule has 6 nitrogen and oxygen atoms in total. The summed E-state index contributed by atoms with van der Waals surface area (Å²) >= 11 is 1.75. The van der Waals surface area contributed by atoms with Gasteiger partial charge in [0.1, 0.15) is 5.75 Å². The summed E-state index contributed by atoms with van der Waals surface area (Å²) in [5.74, 6) is 1.50. The van der Waals surface area contributed by atoms with Crippen LogP contribution in [0.1, 0.15) is 43.8 Å². The minimum atomic E-state index is -0.137. The van der Waals surface area contributed by atoms with E-state index in [1.54, 1.807) is 11.3 Å². The lowest BCUT2D eigenvalue weighted by Crippen LogP contribution is -2.22. The van der Waals surface area contributed by atoms with Gasteiger partial charge in [-0.2, -0.15) is 9.61 Å². The Labute approximate surface area is 187 Å². The highest BCUT2D eigenvalue weighted by Crippen LogP contribution is 2.31. The Morgan fingerprint density at radius 1 is 1.13 bits per heavy atom. The number of rotatable bonds is 5. The van der Waals surface area contributed by atoms with Crippen molar-refractivity contribution in [3.05, 3.63) is 51.7 Å². The van der Waals surface area contributed by atoms with Crippen LogP contribution in [0, 0.1) is 6.92 Å². The summed E-state index contributed by atoms with van der Waals surface area (Å²) in [6.45, 7) is 11.2. The first kappa shape index (κ1) is 21.3. The molecule has 0 aliphatic carbocycles. The second kappa shape index (κ2) is 7.96. The van der Waals surface area contributed by atoms with Gasteiger partial charge < -0.3 is 9.64 Å². The number of hydrogen-bond donors (Lipinski definition) is 0. The molecule has 4 rings (SSSR count). The maximum atomic E-state index is 5.90. The van der Waals surface area contributed by atoms with Crippen LogP contribution in [0.3, 0.4) is 0 Å². The summed E-state index contributed by atoms with van der Waals surface area (Å²) in [6, 6.07) is 10.4. The molecule has 0 saturated heterocycles.